The number of piperidine rings is 1. The van der Waals surface area contributed by atoms with Crippen molar-refractivity contribution < 1.29 is 12.8 Å². The monoisotopic (exact) mass is 380 g/mol. The third kappa shape index (κ3) is 3.37. The number of hydrogen-bond acceptors (Lipinski definition) is 6. The van der Waals surface area contributed by atoms with Crippen molar-refractivity contribution in [1.29, 1.82) is 5.26 Å². The molecule has 0 aromatic carbocycles. The van der Waals surface area contributed by atoms with Gasteiger partial charge < -0.3 is 5.32 Å². The number of nitrogens with one attached hydrogen (secondary N) is 1. The Morgan fingerprint density at radius 1 is 1.38 bits per heavy atom. The van der Waals surface area contributed by atoms with Crippen LogP contribution in [0, 0.1) is 17.1 Å². The van der Waals surface area contributed by atoms with Crippen molar-refractivity contribution in [2.24, 2.45) is 0 Å². The summed E-state index contributed by atoms with van der Waals surface area (Å²) in [6.45, 7) is 4.62. The van der Waals surface area contributed by atoms with Gasteiger partial charge in [0.1, 0.15) is 17.1 Å². The van der Waals surface area contributed by atoms with Crippen LogP contribution < -0.4 is 5.32 Å². The maximum atomic E-state index is 14.4. The molecule has 0 bridgehead atoms. The Bertz CT molecular complexity index is 971. The number of halogens is 1. The highest BCUT2D eigenvalue weighted by Gasteiger charge is 2.26. The van der Waals surface area contributed by atoms with E-state index in [1.165, 1.54) is 21.3 Å². The second kappa shape index (κ2) is 6.81. The van der Waals surface area contributed by atoms with Gasteiger partial charge in [0, 0.05) is 19.1 Å². The fourth-order valence-corrected chi connectivity index (χ4v) is 4.13. The van der Waals surface area contributed by atoms with Crippen LogP contribution >= 0.6 is 0 Å². The Kier molecular flexibility index (Phi) is 4.86. The van der Waals surface area contributed by atoms with Crippen LogP contribution in [0.2, 0.25) is 0 Å². The molecule has 140 valence electrons. The molecule has 2 aromatic rings. The molecule has 3 rings (SSSR count). The molecule has 0 unspecified atom stereocenters. The second-order valence-corrected chi connectivity index (χ2v) is 8.78. The molecule has 1 saturated heterocycles. The van der Waals surface area contributed by atoms with Crippen molar-refractivity contribution in [2.45, 2.75) is 38.6 Å². The van der Waals surface area contributed by atoms with Gasteiger partial charge >= 0.3 is 0 Å². The lowest BCUT2D eigenvalue weighted by atomic mass is 10.1. The van der Waals surface area contributed by atoms with Gasteiger partial charge in [0.25, 0.3) is 0 Å². The van der Waals surface area contributed by atoms with Crippen molar-refractivity contribution in [2.75, 3.05) is 24.7 Å². The molecule has 26 heavy (non-hydrogen) atoms. The molecule has 3 heterocycles. The number of nitriles is 1. The molecule has 2 aromatic heterocycles. The molecule has 0 radical (unpaired) electrons. The van der Waals surface area contributed by atoms with E-state index in [0.717, 1.165) is 0 Å². The fourth-order valence-electron chi connectivity index (χ4n) is 3.25. The zero-order valence-corrected chi connectivity index (χ0v) is 15.7. The summed E-state index contributed by atoms with van der Waals surface area (Å²) in [5.74, 6) is -0.358. The number of anilines is 1. The van der Waals surface area contributed by atoms with Crippen molar-refractivity contribution >= 4 is 21.5 Å². The zero-order valence-electron chi connectivity index (χ0n) is 14.9. The van der Waals surface area contributed by atoms with Crippen LogP contribution in [0.5, 0.6) is 0 Å². The molecular weight excluding hydrogens is 359 g/mol. The van der Waals surface area contributed by atoms with E-state index in [0.29, 0.717) is 37.6 Å². The van der Waals surface area contributed by atoms with Gasteiger partial charge in [0.2, 0.25) is 16.0 Å². The van der Waals surface area contributed by atoms with Gasteiger partial charge in [-0.05, 0) is 18.8 Å². The average Bonchev–Trinajstić information content (AvgIpc) is 2.86. The van der Waals surface area contributed by atoms with Gasteiger partial charge in [-0.15, -0.1) is 5.10 Å². The van der Waals surface area contributed by atoms with E-state index in [-0.39, 0.29) is 23.0 Å². The standard InChI is InChI=1S/C16H21FN6O2S/c1-10(2)15-12(8-18)14(17)13-9-19-16(21-23(13)15)20-11-4-6-22(7-5-11)26(3,24)25/h9-11H,4-7H2,1-3H3,(H,20,21). The van der Waals surface area contributed by atoms with E-state index in [1.807, 2.05) is 19.9 Å². The molecule has 0 atom stereocenters. The smallest absolute Gasteiger partial charge is 0.241 e. The van der Waals surface area contributed by atoms with Gasteiger partial charge in [0.15, 0.2) is 5.82 Å². The van der Waals surface area contributed by atoms with Crippen molar-refractivity contribution in [1.82, 2.24) is 18.9 Å². The normalized spacial score (nSPS) is 16.9. The van der Waals surface area contributed by atoms with E-state index in [2.05, 4.69) is 15.4 Å². The SMILES string of the molecule is CC(C)c1c(C#N)c(F)c2cnc(NC3CCN(S(C)(=O)=O)CC3)nn12. The molecular formula is C16H21FN6O2S. The predicted octanol–water partition coefficient (Wildman–Crippen LogP) is 1.70. The van der Waals surface area contributed by atoms with E-state index in [1.54, 1.807) is 0 Å². The summed E-state index contributed by atoms with van der Waals surface area (Å²) in [6, 6.07) is 1.94. The zero-order chi connectivity index (χ0) is 19.1. The lowest BCUT2D eigenvalue weighted by Crippen LogP contribution is -2.42. The topological polar surface area (TPSA) is 103 Å². The third-order valence-corrected chi connectivity index (χ3v) is 5.88. The number of sulfonamides is 1. The van der Waals surface area contributed by atoms with Crippen LogP contribution in [0.3, 0.4) is 0 Å². The summed E-state index contributed by atoms with van der Waals surface area (Å²) in [5.41, 5.74) is 0.674. The minimum absolute atomic E-state index is 0.00656. The van der Waals surface area contributed by atoms with Crippen LogP contribution in [0.25, 0.3) is 5.52 Å². The first kappa shape index (κ1) is 18.5. The minimum atomic E-state index is -3.17. The van der Waals surface area contributed by atoms with Crippen LogP contribution in [-0.2, 0) is 10.0 Å². The molecule has 0 spiro atoms. The van der Waals surface area contributed by atoms with Gasteiger partial charge in [0.05, 0.1) is 18.1 Å². The average molecular weight is 380 g/mol. The molecule has 1 aliphatic rings. The lowest BCUT2D eigenvalue weighted by molar-refractivity contribution is 0.331. The Labute approximate surface area is 151 Å². The van der Waals surface area contributed by atoms with E-state index >= 15 is 0 Å². The summed E-state index contributed by atoms with van der Waals surface area (Å²) in [5, 5.41) is 16.8. The van der Waals surface area contributed by atoms with E-state index in [4.69, 9.17) is 0 Å². The summed E-state index contributed by atoms with van der Waals surface area (Å²) >= 11 is 0. The van der Waals surface area contributed by atoms with Gasteiger partial charge in [-0.2, -0.15) is 5.26 Å². The Balaban J connectivity index is 1.84. The summed E-state index contributed by atoms with van der Waals surface area (Å²) < 4.78 is 40.4. The first-order valence-electron chi connectivity index (χ1n) is 8.41. The quantitative estimate of drug-likeness (QED) is 0.866. The second-order valence-electron chi connectivity index (χ2n) is 6.80. The molecule has 0 amide bonds. The van der Waals surface area contributed by atoms with Crippen LogP contribution in [0.1, 0.15) is 43.9 Å². The molecule has 1 fully saturated rings. The van der Waals surface area contributed by atoms with Crippen molar-refractivity contribution in [3.63, 3.8) is 0 Å². The van der Waals surface area contributed by atoms with Gasteiger partial charge in [-0.25, -0.2) is 26.6 Å². The summed E-state index contributed by atoms with van der Waals surface area (Å²) in [4.78, 5) is 4.15. The highest BCUT2D eigenvalue weighted by atomic mass is 32.2. The van der Waals surface area contributed by atoms with E-state index < -0.39 is 15.8 Å². The highest BCUT2D eigenvalue weighted by molar-refractivity contribution is 7.88. The maximum Gasteiger partial charge on any atom is 0.241 e. The lowest BCUT2D eigenvalue weighted by Gasteiger charge is -2.30. The van der Waals surface area contributed by atoms with Crippen LogP contribution in [0.15, 0.2) is 6.20 Å². The van der Waals surface area contributed by atoms with Crippen LogP contribution in [-0.4, -0.2) is 52.7 Å². The number of nitrogens with zero attached hydrogens (tertiary/aromatic N) is 5. The van der Waals surface area contributed by atoms with E-state index in [9.17, 15) is 18.1 Å². The summed E-state index contributed by atoms with van der Waals surface area (Å²) in [6.07, 6.45) is 3.84. The Morgan fingerprint density at radius 3 is 2.58 bits per heavy atom. The van der Waals surface area contributed by atoms with Crippen molar-refractivity contribution in [3.05, 3.63) is 23.3 Å². The fraction of sp³-hybridized carbons (Fsp3) is 0.562. The number of aromatic nitrogens is 3. The Morgan fingerprint density at radius 2 is 2.04 bits per heavy atom. The maximum absolute atomic E-state index is 14.4. The number of rotatable bonds is 4. The minimum Gasteiger partial charge on any atom is -0.350 e. The molecule has 0 saturated carbocycles. The van der Waals surface area contributed by atoms with Gasteiger partial charge in [-0.3, -0.25) is 0 Å². The summed E-state index contributed by atoms with van der Waals surface area (Å²) in [7, 11) is -3.17. The largest absolute Gasteiger partial charge is 0.350 e. The number of hydrogen-bond donors (Lipinski definition) is 1. The van der Waals surface area contributed by atoms with Crippen LogP contribution in [0.4, 0.5) is 10.3 Å². The predicted molar refractivity (Wildman–Crippen MR) is 94.8 cm³/mol. The van der Waals surface area contributed by atoms with Gasteiger partial charge in [-0.1, -0.05) is 13.8 Å². The Hall–Kier alpha value is -2.25. The molecule has 0 aliphatic carbocycles. The first-order valence-corrected chi connectivity index (χ1v) is 10.3. The molecule has 1 aliphatic heterocycles. The highest BCUT2D eigenvalue weighted by Crippen LogP contribution is 2.27. The molecule has 8 nitrogen and oxygen atoms in total. The van der Waals surface area contributed by atoms with Crippen molar-refractivity contribution in [3.8, 4) is 6.07 Å². The first-order chi connectivity index (χ1) is 12.2. The number of fused-ring (bicyclic) bond motifs is 1. The molecule has 10 heteroatoms. The third-order valence-electron chi connectivity index (χ3n) is 4.58. The molecule has 1 N–H and O–H groups in total.